The smallest absolute Gasteiger partial charge is 0.310 e. The SMILES string of the molecule is NCc1ccc([N+](=O)[O-])c(OCc2ccncc2Cl)c1. The average molecular weight is 294 g/mol. The Morgan fingerprint density at radius 2 is 2.20 bits per heavy atom. The summed E-state index contributed by atoms with van der Waals surface area (Å²) in [4.78, 5) is 14.3. The summed E-state index contributed by atoms with van der Waals surface area (Å²) >= 11 is 5.95. The number of nitrogens with zero attached hydrogens (tertiary/aromatic N) is 2. The van der Waals surface area contributed by atoms with Crippen LogP contribution in [0.2, 0.25) is 5.02 Å². The van der Waals surface area contributed by atoms with Gasteiger partial charge in [-0.25, -0.2) is 0 Å². The molecule has 1 aromatic carbocycles. The summed E-state index contributed by atoms with van der Waals surface area (Å²) in [6.07, 6.45) is 3.07. The average Bonchev–Trinajstić information content (AvgIpc) is 2.46. The number of hydrogen-bond acceptors (Lipinski definition) is 5. The van der Waals surface area contributed by atoms with E-state index in [1.54, 1.807) is 24.4 Å². The fraction of sp³-hybridized carbons (Fsp3) is 0.154. The third-order valence-electron chi connectivity index (χ3n) is 2.70. The van der Waals surface area contributed by atoms with Crippen molar-refractivity contribution in [2.75, 3.05) is 0 Å². The predicted molar refractivity (Wildman–Crippen MR) is 74.6 cm³/mol. The fourth-order valence-electron chi connectivity index (χ4n) is 1.63. The van der Waals surface area contributed by atoms with Crippen LogP contribution in [0.3, 0.4) is 0 Å². The molecule has 20 heavy (non-hydrogen) atoms. The minimum absolute atomic E-state index is 0.104. The van der Waals surface area contributed by atoms with Crippen molar-refractivity contribution < 1.29 is 9.66 Å². The second-order valence-corrected chi connectivity index (χ2v) is 4.43. The van der Waals surface area contributed by atoms with Crippen LogP contribution >= 0.6 is 11.6 Å². The highest BCUT2D eigenvalue weighted by molar-refractivity contribution is 6.31. The van der Waals surface area contributed by atoms with E-state index in [9.17, 15) is 10.1 Å². The maximum atomic E-state index is 11.0. The molecule has 2 aromatic rings. The molecule has 104 valence electrons. The molecule has 0 unspecified atom stereocenters. The van der Waals surface area contributed by atoms with E-state index in [2.05, 4.69) is 4.98 Å². The second-order valence-electron chi connectivity index (χ2n) is 4.02. The van der Waals surface area contributed by atoms with Gasteiger partial charge in [-0.15, -0.1) is 0 Å². The lowest BCUT2D eigenvalue weighted by Crippen LogP contribution is -2.02. The van der Waals surface area contributed by atoms with Crippen molar-refractivity contribution in [3.8, 4) is 5.75 Å². The van der Waals surface area contributed by atoms with Gasteiger partial charge in [-0.3, -0.25) is 15.1 Å². The van der Waals surface area contributed by atoms with Crippen molar-refractivity contribution in [2.45, 2.75) is 13.2 Å². The molecule has 0 saturated heterocycles. The first-order valence-electron chi connectivity index (χ1n) is 5.80. The minimum atomic E-state index is -0.496. The number of nitro groups is 1. The zero-order valence-corrected chi connectivity index (χ0v) is 11.2. The Morgan fingerprint density at radius 1 is 1.40 bits per heavy atom. The molecule has 0 aliphatic heterocycles. The van der Waals surface area contributed by atoms with E-state index in [0.29, 0.717) is 10.6 Å². The number of hydrogen-bond donors (Lipinski definition) is 1. The molecule has 0 saturated carbocycles. The molecule has 2 rings (SSSR count). The zero-order valence-electron chi connectivity index (χ0n) is 10.5. The molecule has 0 amide bonds. The number of pyridine rings is 1. The summed E-state index contributed by atoms with van der Waals surface area (Å²) in [5, 5.41) is 11.4. The van der Waals surface area contributed by atoms with Crippen molar-refractivity contribution in [2.24, 2.45) is 5.73 Å². The molecular weight excluding hydrogens is 282 g/mol. The monoisotopic (exact) mass is 293 g/mol. The van der Waals surface area contributed by atoms with Crippen LogP contribution in [0.5, 0.6) is 5.75 Å². The molecule has 0 aliphatic rings. The van der Waals surface area contributed by atoms with Crippen molar-refractivity contribution in [1.82, 2.24) is 4.98 Å². The highest BCUT2D eigenvalue weighted by atomic mass is 35.5. The Balaban J connectivity index is 2.24. The Labute approximate surface area is 120 Å². The van der Waals surface area contributed by atoms with Gasteiger partial charge in [0.05, 0.1) is 9.95 Å². The second kappa shape index (κ2) is 6.31. The number of rotatable bonds is 5. The number of ether oxygens (including phenoxy) is 1. The normalized spacial score (nSPS) is 10.3. The summed E-state index contributed by atoms with van der Waals surface area (Å²) in [5.74, 6) is 0.172. The van der Waals surface area contributed by atoms with E-state index in [4.69, 9.17) is 22.1 Å². The number of nitro benzene ring substituents is 1. The summed E-state index contributed by atoms with van der Waals surface area (Å²) < 4.78 is 5.50. The summed E-state index contributed by atoms with van der Waals surface area (Å²) in [5.41, 5.74) is 6.88. The highest BCUT2D eigenvalue weighted by Gasteiger charge is 2.16. The maximum absolute atomic E-state index is 11.0. The summed E-state index contributed by atoms with van der Waals surface area (Å²) in [6.45, 7) is 0.403. The van der Waals surface area contributed by atoms with E-state index in [1.165, 1.54) is 12.3 Å². The van der Waals surface area contributed by atoms with Crippen molar-refractivity contribution >= 4 is 17.3 Å². The van der Waals surface area contributed by atoms with E-state index in [0.717, 1.165) is 5.56 Å². The van der Waals surface area contributed by atoms with Gasteiger partial charge in [0.1, 0.15) is 6.61 Å². The van der Waals surface area contributed by atoms with Crippen molar-refractivity contribution in [3.63, 3.8) is 0 Å². The molecule has 1 heterocycles. The zero-order chi connectivity index (χ0) is 14.5. The third-order valence-corrected chi connectivity index (χ3v) is 3.04. The highest BCUT2D eigenvalue weighted by Crippen LogP contribution is 2.29. The lowest BCUT2D eigenvalue weighted by molar-refractivity contribution is -0.386. The maximum Gasteiger partial charge on any atom is 0.310 e. The van der Waals surface area contributed by atoms with Crippen LogP contribution in [0.1, 0.15) is 11.1 Å². The van der Waals surface area contributed by atoms with Crippen molar-refractivity contribution in [1.29, 1.82) is 0 Å². The molecule has 0 atom stereocenters. The van der Waals surface area contributed by atoms with Crippen LogP contribution in [0.25, 0.3) is 0 Å². The van der Waals surface area contributed by atoms with Crippen molar-refractivity contribution in [3.05, 3.63) is 62.9 Å². The Morgan fingerprint density at radius 3 is 2.85 bits per heavy atom. The quantitative estimate of drug-likeness (QED) is 0.676. The molecular formula is C13H12ClN3O3. The Hall–Kier alpha value is -2.18. The van der Waals surface area contributed by atoms with Gasteiger partial charge < -0.3 is 10.5 Å². The first-order valence-corrected chi connectivity index (χ1v) is 6.18. The standard InChI is InChI=1S/C13H12ClN3O3/c14-11-7-16-4-3-10(11)8-20-13-5-9(6-15)1-2-12(13)17(18)19/h1-5,7H,6,8,15H2. The van der Waals surface area contributed by atoms with Crippen LogP contribution in [0.15, 0.2) is 36.7 Å². The van der Waals surface area contributed by atoms with Gasteiger partial charge in [0.25, 0.3) is 0 Å². The molecule has 0 aliphatic carbocycles. The van der Waals surface area contributed by atoms with Gasteiger partial charge in [-0.05, 0) is 17.7 Å². The Bertz CT molecular complexity index is 634. The Kier molecular flexibility index (Phi) is 4.49. The lowest BCUT2D eigenvalue weighted by atomic mass is 10.2. The predicted octanol–water partition coefficient (Wildman–Crippen LogP) is 2.68. The van der Waals surface area contributed by atoms with Gasteiger partial charge >= 0.3 is 5.69 Å². The third kappa shape index (κ3) is 3.23. The molecule has 1 aromatic heterocycles. The van der Waals surface area contributed by atoms with Gasteiger partial charge in [0.15, 0.2) is 5.75 Å². The number of benzene rings is 1. The fourth-order valence-corrected chi connectivity index (χ4v) is 1.80. The molecule has 0 radical (unpaired) electrons. The molecule has 0 spiro atoms. The molecule has 6 nitrogen and oxygen atoms in total. The van der Waals surface area contributed by atoms with E-state index >= 15 is 0 Å². The molecule has 2 N–H and O–H groups in total. The van der Waals surface area contributed by atoms with Gasteiger partial charge in [0, 0.05) is 30.6 Å². The first-order chi connectivity index (χ1) is 9.61. The van der Waals surface area contributed by atoms with Crippen LogP contribution in [-0.4, -0.2) is 9.91 Å². The number of nitrogens with two attached hydrogens (primary N) is 1. The van der Waals surface area contributed by atoms with E-state index in [-0.39, 0.29) is 24.6 Å². The summed E-state index contributed by atoms with van der Waals surface area (Å²) in [6, 6.07) is 6.24. The van der Waals surface area contributed by atoms with Crippen LogP contribution in [0.4, 0.5) is 5.69 Å². The van der Waals surface area contributed by atoms with Crippen LogP contribution < -0.4 is 10.5 Å². The van der Waals surface area contributed by atoms with Gasteiger partial charge in [-0.2, -0.15) is 0 Å². The van der Waals surface area contributed by atoms with Gasteiger partial charge in [0.2, 0.25) is 0 Å². The first kappa shape index (κ1) is 14.2. The van der Waals surface area contributed by atoms with E-state index in [1.807, 2.05) is 0 Å². The number of aromatic nitrogens is 1. The molecule has 0 bridgehead atoms. The molecule has 7 heteroatoms. The summed E-state index contributed by atoms with van der Waals surface area (Å²) in [7, 11) is 0. The lowest BCUT2D eigenvalue weighted by Gasteiger charge is -2.09. The van der Waals surface area contributed by atoms with Crippen LogP contribution in [0, 0.1) is 10.1 Å². The topological polar surface area (TPSA) is 91.3 Å². The van der Waals surface area contributed by atoms with E-state index < -0.39 is 4.92 Å². The van der Waals surface area contributed by atoms with Gasteiger partial charge in [-0.1, -0.05) is 17.7 Å². The minimum Gasteiger partial charge on any atom is -0.482 e. The largest absolute Gasteiger partial charge is 0.482 e. The number of halogens is 1. The molecule has 0 fully saturated rings. The van der Waals surface area contributed by atoms with Crippen LogP contribution in [-0.2, 0) is 13.2 Å².